The van der Waals surface area contributed by atoms with Crippen LogP contribution >= 0.6 is 0 Å². The molecular weight excluding hydrogens is 124 g/mol. The third kappa shape index (κ3) is 0.427. The molecule has 0 aromatic rings. The van der Waals surface area contributed by atoms with Crippen molar-refractivity contribution in [3.05, 3.63) is 23.9 Å². The number of allylic oxidation sites excluding steroid dienone is 1. The molecule has 0 radical (unpaired) electrons. The van der Waals surface area contributed by atoms with Crippen molar-refractivity contribution in [1.29, 1.82) is 0 Å². The van der Waals surface area contributed by atoms with Gasteiger partial charge in [0.15, 0.2) is 0 Å². The Morgan fingerprint density at radius 1 is 1.70 bits per heavy atom. The van der Waals surface area contributed by atoms with Crippen molar-refractivity contribution in [2.75, 3.05) is 0 Å². The van der Waals surface area contributed by atoms with Crippen molar-refractivity contribution in [3.8, 4) is 12.3 Å². The maximum absolute atomic E-state index is 5.30. The monoisotopic (exact) mass is 130 g/mol. The molecule has 0 aliphatic carbocycles. The van der Waals surface area contributed by atoms with Crippen molar-refractivity contribution in [2.24, 2.45) is 4.99 Å². The van der Waals surface area contributed by atoms with Crippen LogP contribution in [0.15, 0.2) is 28.9 Å². The second-order valence-corrected chi connectivity index (χ2v) is 2.23. The number of hydrogen-bond donors (Lipinski definition) is 1. The maximum Gasteiger partial charge on any atom is 0.218 e. The van der Waals surface area contributed by atoms with Gasteiger partial charge < -0.3 is 5.32 Å². The van der Waals surface area contributed by atoms with Crippen LogP contribution in [0, 0.1) is 12.3 Å². The quantitative estimate of drug-likeness (QED) is 0.473. The largest absolute Gasteiger partial charge is 0.354 e. The zero-order valence-corrected chi connectivity index (χ0v) is 5.33. The van der Waals surface area contributed by atoms with Crippen LogP contribution in [-0.2, 0) is 0 Å². The van der Waals surface area contributed by atoms with E-state index >= 15 is 0 Å². The second kappa shape index (κ2) is 1.51. The fourth-order valence-electron chi connectivity index (χ4n) is 1.14. The highest BCUT2D eigenvalue weighted by atomic mass is 15.1. The van der Waals surface area contributed by atoms with Crippen LogP contribution < -0.4 is 5.32 Å². The zero-order chi connectivity index (χ0) is 7.03. The molecule has 2 aliphatic rings. The lowest BCUT2D eigenvalue weighted by Gasteiger charge is -2.16. The smallest absolute Gasteiger partial charge is 0.218 e. The number of hydrogen-bond acceptors (Lipinski definition) is 2. The molecular formula is C8H6N2. The molecule has 2 aliphatic heterocycles. The van der Waals surface area contributed by atoms with Crippen LogP contribution in [0.2, 0.25) is 0 Å². The van der Waals surface area contributed by atoms with Gasteiger partial charge in [0.25, 0.3) is 0 Å². The van der Waals surface area contributed by atoms with Gasteiger partial charge in [0.05, 0.1) is 0 Å². The molecule has 1 atom stereocenters. The van der Waals surface area contributed by atoms with Gasteiger partial charge in [-0.15, -0.1) is 6.42 Å². The van der Waals surface area contributed by atoms with Gasteiger partial charge >= 0.3 is 0 Å². The summed E-state index contributed by atoms with van der Waals surface area (Å²) in [5.74, 6) is 2.60. The number of nitrogens with one attached hydrogen (secondary N) is 1. The normalized spacial score (nSPS) is 32.9. The minimum atomic E-state index is -0.556. The van der Waals surface area contributed by atoms with Crippen molar-refractivity contribution in [1.82, 2.24) is 5.32 Å². The molecule has 0 aromatic carbocycles. The van der Waals surface area contributed by atoms with E-state index in [1.807, 2.05) is 18.4 Å². The lowest BCUT2D eigenvalue weighted by atomic mass is 10.1. The topological polar surface area (TPSA) is 24.4 Å². The molecule has 1 N–H and O–H groups in total. The number of aliphatic imine (C=N–C) groups is 1. The van der Waals surface area contributed by atoms with Gasteiger partial charge in [-0.1, -0.05) is 0 Å². The third-order valence-corrected chi connectivity index (χ3v) is 1.70. The first kappa shape index (κ1) is 5.31. The molecule has 2 rings (SSSR count). The summed E-state index contributed by atoms with van der Waals surface area (Å²) in [6.07, 6.45) is 12.7. The van der Waals surface area contributed by atoms with Crippen molar-refractivity contribution in [3.63, 3.8) is 0 Å². The Labute approximate surface area is 59.3 Å². The predicted octanol–water partition coefficient (Wildman–Crippen LogP) is 0.444. The molecule has 0 saturated heterocycles. The van der Waals surface area contributed by atoms with Crippen LogP contribution in [0.3, 0.4) is 0 Å². The van der Waals surface area contributed by atoms with E-state index in [0.717, 1.165) is 5.57 Å². The maximum atomic E-state index is 5.30. The summed E-state index contributed by atoms with van der Waals surface area (Å²) in [4.78, 5) is 4.12. The second-order valence-electron chi connectivity index (χ2n) is 2.23. The average molecular weight is 130 g/mol. The predicted molar refractivity (Wildman–Crippen MR) is 40.4 cm³/mol. The first-order valence-corrected chi connectivity index (χ1v) is 3.05. The molecule has 0 unspecified atom stereocenters. The lowest BCUT2D eigenvalue weighted by Crippen LogP contribution is -2.34. The van der Waals surface area contributed by atoms with E-state index in [1.165, 1.54) is 0 Å². The van der Waals surface area contributed by atoms with Crippen molar-refractivity contribution in [2.45, 2.75) is 5.66 Å². The Balaban J connectivity index is 2.52. The first-order valence-electron chi connectivity index (χ1n) is 3.05. The molecule has 0 amide bonds. The van der Waals surface area contributed by atoms with Crippen LogP contribution in [0.25, 0.3) is 0 Å². The Morgan fingerprint density at radius 2 is 2.60 bits per heavy atom. The molecule has 0 spiro atoms. The Bertz CT molecular complexity index is 291. The highest BCUT2D eigenvalue weighted by Gasteiger charge is 2.34. The summed E-state index contributed by atoms with van der Waals surface area (Å²) in [5, 5.41) is 3.00. The van der Waals surface area contributed by atoms with E-state index in [-0.39, 0.29) is 0 Å². The summed E-state index contributed by atoms with van der Waals surface area (Å²) < 4.78 is 0. The fourth-order valence-corrected chi connectivity index (χ4v) is 1.14. The van der Waals surface area contributed by atoms with E-state index in [2.05, 4.69) is 16.2 Å². The molecule has 48 valence electrons. The summed E-state index contributed by atoms with van der Waals surface area (Å²) in [6, 6.07) is 0. The van der Waals surface area contributed by atoms with Gasteiger partial charge in [0.2, 0.25) is 5.66 Å². The van der Waals surface area contributed by atoms with Gasteiger partial charge in [-0.2, -0.15) is 0 Å². The van der Waals surface area contributed by atoms with Crippen molar-refractivity contribution >= 4 is 6.21 Å². The number of terminal acetylenes is 1. The van der Waals surface area contributed by atoms with Crippen LogP contribution in [0.1, 0.15) is 0 Å². The molecule has 2 heterocycles. The summed E-state index contributed by atoms with van der Waals surface area (Å²) in [6.45, 7) is 0. The summed E-state index contributed by atoms with van der Waals surface area (Å²) in [5.41, 5.74) is 0.495. The van der Waals surface area contributed by atoms with Crippen LogP contribution in [0.5, 0.6) is 0 Å². The molecule has 2 nitrogen and oxygen atoms in total. The summed E-state index contributed by atoms with van der Waals surface area (Å²) in [7, 11) is 0. The van der Waals surface area contributed by atoms with Crippen molar-refractivity contribution < 1.29 is 0 Å². The Hall–Kier alpha value is -1.49. The highest BCUT2D eigenvalue weighted by Crippen LogP contribution is 2.26. The molecule has 10 heavy (non-hydrogen) atoms. The fraction of sp³-hybridized carbons (Fsp3) is 0.125. The minimum absolute atomic E-state index is 0.556. The average Bonchev–Trinajstić information content (AvgIpc) is 2.42. The van der Waals surface area contributed by atoms with Gasteiger partial charge in [0.1, 0.15) is 0 Å². The van der Waals surface area contributed by atoms with E-state index in [1.54, 1.807) is 6.21 Å². The highest BCUT2D eigenvalue weighted by molar-refractivity contribution is 5.80. The standard InChI is InChI=1S/C8H6N2/c1-2-8-7(3-5-9-8)4-6-10-8/h1,3-6,9H/t8-/m0/s1. The molecule has 2 heteroatoms. The SMILES string of the molecule is C#C[C@]12N=CC=C1C=CN2. The van der Waals surface area contributed by atoms with E-state index < -0.39 is 5.66 Å². The molecule has 0 saturated carbocycles. The van der Waals surface area contributed by atoms with Gasteiger partial charge in [-0.25, -0.2) is 4.99 Å². The molecule has 0 fully saturated rings. The zero-order valence-electron chi connectivity index (χ0n) is 5.33. The third-order valence-electron chi connectivity index (χ3n) is 1.70. The minimum Gasteiger partial charge on any atom is -0.354 e. The van der Waals surface area contributed by atoms with E-state index in [4.69, 9.17) is 6.42 Å². The van der Waals surface area contributed by atoms with Crippen LogP contribution in [0.4, 0.5) is 0 Å². The summed E-state index contributed by atoms with van der Waals surface area (Å²) >= 11 is 0. The Morgan fingerprint density at radius 3 is 3.30 bits per heavy atom. The number of rotatable bonds is 0. The number of nitrogens with zero attached hydrogens (tertiary/aromatic N) is 1. The van der Waals surface area contributed by atoms with Gasteiger partial charge in [-0.05, 0) is 18.1 Å². The first-order chi connectivity index (χ1) is 4.87. The van der Waals surface area contributed by atoms with E-state index in [0.29, 0.717) is 0 Å². The van der Waals surface area contributed by atoms with E-state index in [9.17, 15) is 0 Å². The lowest BCUT2D eigenvalue weighted by molar-refractivity contribution is 0.626. The molecule has 0 aromatic heterocycles. The van der Waals surface area contributed by atoms with Crippen LogP contribution in [-0.4, -0.2) is 11.9 Å². The molecule has 0 bridgehead atoms. The van der Waals surface area contributed by atoms with Gasteiger partial charge in [-0.3, -0.25) is 0 Å². The number of fused-ring (bicyclic) bond motifs is 1. The van der Waals surface area contributed by atoms with Gasteiger partial charge in [0, 0.05) is 18.0 Å². The Kier molecular flexibility index (Phi) is 0.802.